The molecule has 1 spiro atoms. The average molecular weight is 245 g/mol. The van der Waals surface area contributed by atoms with Crippen LogP contribution in [0.25, 0.3) is 0 Å². The molecule has 0 aliphatic heterocycles. The summed E-state index contributed by atoms with van der Waals surface area (Å²) in [5, 5.41) is 10.3. The van der Waals surface area contributed by atoms with Gasteiger partial charge in [0.05, 0.1) is 0 Å². The van der Waals surface area contributed by atoms with E-state index in [2.05, 4.69) is 6.07 Å². The smallest absolute Gasteiger partial charge is 0.119 e. The first-order chi connectivity index (χ1) is 8.78. The van der Waals surface area contributed by atoms with E-state index in [0.29, 0.717) is 11.7 Å². The predicted octanol–water partition coefficient (Wildman–Crippen LogP) is 3.12. The van der Waals surface area contributed by atoms with Crippen LogP contribution in [0, 0.1) is 5.92 Å². The number of benzene rings is 1. The molecule has 1 unspecified atom stereocenters. The third-order valence-corrected chi connectivity index (χ3v) is 5.20. The van der Waals surface area contributed by atoms with Gasteiger partial charge in [-0.05, 0) is 49.8 Å². The van der Waals surface area contributed by atoms with Crippen LogP contribution in [0.15, 0.2) is 18.2 Å². The lowest BCUT2D eigenvalue weighted by Gasteiger charge is -2.48. The molecule has 0 heterocycles. The van der Waals surface area contributed by atoms with Crippen molar-refractivity contribution in [2.45, 2.75) is 50.4 Å². The molecule has 1 aromatic carbocycles. The molecule has 3 rings (SSSR count). The van der Waals surface area contributed by atoms with Crippen LogP contribution in [0.1, 0.15) is 49.7 Å². The molecule has 1 atom stereocenters. The van der Waals surface area contributed by atoms with E-state index in [1.54, 1.807) is 0 Å². The molecular formula is C16H23NO. The highest BCUT2D eigenvalue weighted by Crippen LogP contribution is 2.53. The van der Waals surface area contributed by atoms with Crippen molar-refractivity contribution in [2.75, 3.05) is 6.54 Å². The zero-order valence-electron chi connectivity index (χ0n) is 11.0. The summed E-state index contributed by atoms with van der Waals surface area (Å²) in [6.07, 6.45) is 8.58. The van der Waals surface area contributed by atoms with Gasteiger partial charge in [-0.3, -0.25) is 0 Å². The standard InChI is InChI=1S/C16H23NO/c17-11-13-8-7-12-5-4-6-14(18)15(12)16(13)9-2-1-3-10-16/h4-6,13,18H,1-3,7-11,17H2. The van der Waals surface area contributed by atoms with Gasteiger partial charge in [-0.25, -0.2) is 0 Å². The molecule has 0 saturated heterocycles. The van der Waals surface area contributed by atoms with Crippen molar-refractivity contribution in [3.63, 3.8) is 0 Å². The third kappa shape index (κ3) is 1.66. The Morgan fingerprint density at radius 1 is 1.22 bits per heavy atom. The summed E-state index contributed by atoms with van der Waals surface area (Å²) in [6, 6.07) is 6.03. The van der Waals surface area contributed by atoms with Gasteiger partial charge in [-0.15, -0.1) is 0 Å². The number of hydrogen-bond donors (Lipinski definition) is 2. The highest BCUT2D eigenvalue weighted by Gasteiger charge is 2.45. The molecule has 18 heavy (non-hydrogen) atoms. The molecule has 0 aromatic heterocycles. The van der Waals surface area contributed by atoms with Crippen molar-refractivity contribution in [2.24, 2.45) is 11.7 Å². The molecule has 2 heteroatoms. The van der Waals surface area contributed by atoms with Crippen LogP contribution >= 0.6 is 0 Å². The topological polar surface area (TPSA) is 46.2 Å². The van der Waals surface area contributed by atoms with Crippen LogP contribution in [0.4, 0.5) is 0 Å². The highest BCUT2D eigenvalue weighted by molar-refractivity contribution is 5.47. The van der Waals surface area contributed by atoms with Crippen LogP contribution in [0.3, 0.4) is 0 Å². The SMILES string of the molecule is NCC1CCc2cccc(O)c2C12CCCCC2. The summed E-state index contributed by atoms with van der Waals surface area (Å²) in [6.45, 7) is 0.758. The maximum Gasteiger partial charge on any atom is 0.119 e. The molecule has 2 aliphatic carbocycles. The van der Waals surface area contributed by atoms with Gasteiger partial charge in [0, 0.05) is 11.0 Å². The first-order valence-corrected chi connectivity index (χ1v) is 7.29. The number of nitrogens with two attached hydrogens (primary N) is 1. The Morgan fingerprint density at radius 3 is 2.72 bits per heavy atom. The van der Waals surface area contributed by atoms with E-state index in [4.69, 9.17) is 5.73 Å². The molecule has 98 valence electrons. The molecule has 1 saturated carbocycles. The second-order valence-corrected chi connectivity index (χ2v) is 6.00. The number of phenols is 1. The monoisotopic (exact) mass is 245 g/mol. The van der Waals surface area contributed by atoms with Crippen molar-refractivity contribution in [3.05, 3.63) is 29.3 Å². The second-order valence-electron chi connectivity index (χ2n) is 6.00. The van der Waals surface area contributed by atoms with Crippen LogP contribution in [0.2, 0.25) is 0 Å². The first-order valence-electron chi connectivity index (χ1n) is 7.29. The van der Waals surface area contributed by atoms with Gasteiger partial charge in [0.15, 0.2) is 0 Å². The summed E-state index contributed by atoms with van der Waals surface area (Å²) in [5.41, 5.74) is 8.81. The van der Waals surface area contributed by atoms with E-state index in [9.17, 15) is 5.11 Å². The number of hydrogen-bond acceptors (Lipinski definition) is 2. The fourth-order valence-corrected chi connectivity index (χ4v) is 4.36. The quantitative estimate of drug-likeness (QED) is 0.798. The second kappa shape index (κ2) is 4.58. The molecule has 1 aromatic rings. The minimum Gasteiger partial charge on any atom is -0.508 e. The van der Waals surface area contributed by atoms with Gasteiger partial charge in [0.2, 0.25) is 0 Å². The number of phenolic OH excluding ortho intramolecular Hbond substituents is 1. The zero-order chi connectivity index (χ0) is 12.6. The number of rotatable bonds is 1. The van der Waals surface area contributed by atoms with Gasteiger partial charge in [-0.1, -0.05) is 31.4 Å². The Labute approximate surface area is 109 Å². The van der Waals surface area contributed by atoms with Crippen LogP contribution in [-0.4, -0.2) is 11.7 Å². The van der Waals surface area contributed by atoms with E-state index in [-0.39, 0.29) is 5.41 Å². The van der Waals surface area contributed by atoms with Gasteiger partial charge >= 0.3 is 0 Å². The fraction of sp³-hybridized carbons (Fsp3) is 0.625. The molecule has 1 fully saturated rings. The third-order valence-electron chi connectivity index (χ3n) is 5.20. The van der Waals surface area contributed by atoms with E-state index < -0.39 is 0 Å². The average Bonchev–Trinajstić information content (AvgIpc) is 2.40. The lowest BCUT2D eigenvalue weighted by molar-refractivity contribution is 0.167. The van der Waals surface area contributed by atoms with Crippen LogP contribution < -0.4 is 5.73 Å². The van der Waals surface area contributed by atoms with Gasteiger partial charge < -0.3 is 10.8 Å². The first kappa shape index (κ1) is 12.0. The molecule has 2 aliphatic rings. The van der Waals surface area contributed by atoms with Gasteiger partial charge in [0.1, 0.15) is 5.75 Å². The number of aryl methyl sites for hydroxylation is 1. The van der Waals surface area contributed by atoms with Crippen molar-refractivity contribution in [1.82, 2.24) is 0 Å². The summed E-state index contributed by atoms with van der Waals surface area (Å²) >= 11 is 0. The molecule has 0 radical (unpaired) electrons. The molecular weight excluding hydrogens is 222 g/mol. The van der Waals surface area contributed by atoms with Gasteiger partial charge in [0.25, 0.3) is 0 Å². The Hall–Kier alpha value is -1.02. The molecule has 3 N–H and O–H groups in total. The van der Waals surface area contributed by atoms with Crippen molar-refractivity contribution >= 4 is 0 Å². The Bertz CT molecular complexity index is 435. The summed E-state index contributed by atoms with van der Waals surface area (Å²) < 4.78 is 0. The summed E-state index contributed by atoms with van der Waals surface area (Å²) in [5.74, 6) is 1.06. The Morgan fingerprint density at radius 2 is 2.00 bits per heavy atom. The zero-order valence-corrected chi connectivity index (χ0v) is 11.0. The highest BCUT2D eigenvalue weighted by atomic mass is 16.3. The Balaban J connectivity index is 2.13. The molecule has 0 amide bonds. The normalized spacial score (nSPS) is 25.9. The maximum atomic E-state index is 10.3. The van der Waals surface area contributed by atoms with E-state index in [0.717, 1.165) is 13.0 Å². The van der Waals surface area contributed by atoms with Crippen LogP contribution in [-0.2, 0) is 11.8 Å². The molecule has 2 nitrogen and oxygen atoms in total. The lowest BCUT2D eigenvalue weighted by atomic mass is 9.57. The largest absolute Gasteiger partial charge is 0.508 e. The molecule has 0 bridgehead atoms. The lowest BCUT2D eigenvalue weighted by Crippen LogP contribution is -2.44. The summed E-state index contributed by atoms with van der Waals surface area (Å²) in [4.78, 5) is 0. The van der Waals surface area contributed by atoms with E-state index >= 15 is 0 Å². The minimum absolute atomic E-state index is 0.173. The van der Waals surface area contributed by atoms with Gasteiger partial charge in [-0.2, -0.15) is 0 Å². The number of aromatic hydroxyl groups is 1. The fourth-order valence-electron chi connectivity index (χ4n) is 4.36. The minimum atomic E-state index is 0.173. The predicted molar refractivity (Wildman–Crippen MR) is 73.7 cm³/mol. The van der Waals surface area contributed by atoms with Crippen molar-refractivity contribution in [1.29, 1.82) is 0 Å². The number of fused-ring (bicyclic) bond motifs is 2. The van der Waals surface area contributed by atoms with Crippen LogP contribution in [0.5, 0.6) is 5.75 Å². The van der Waals surface area contributed by atoms with E-state index in [1.165, 1.54) is 49.7 Å². The Kier molecular flexibility index (Phi) is 3.06. The summed E-state index contributed by atoms with van der Waals surface area (Å²) in [7, 11) is 0. The maximum absolute atomic E-state index is 10.3. The van der Waals surface area contributed by atoms with Crippen molar-refractivity contribution in [3.8, 4) is 5.75 Å². The van der Waals surface area contributed by atoms with E-state index in [1.807, 2.05) is 12.1 Å². The van der Waals surface area contributed by atoms with Crippen molar-refractivity contribution < 1.29 is 5.11 Å².